The first-order chi connectivity index (χ1) is 8.54. The van der Waals surface area contributed by atoms with Crippen molar-refractivity contribution in [1.82, 2.24) is 5.32 Å². The number of halogens is 3. The molecule has 5 heteroatoms. The Kier molecular flexibility index (Phi) is 6.15. The first kappa shape index (κ1) is 15.0. The van der Waals surface area contributed by atoms with Gasteiger partial charge in [-0.3, -0.25) is 0 Å². The first-order valence-electron chi connectivity index (χ1n) is 6.02. The van der Waals surface area contributed by atoms with E-state index in [1.54, 1.807) is 6.07 Å². The molecule has 0 bridgehead atoms. The highest BCUT2D eigenvalue weighted by Gasteiger charge is 2.30. The van der Waals surface area contributed by atoms with Crippen LogP contribution in [0.4, 0.5) is 13.2 Å². The summed E-state index contributed by atoms with van der Waals surface area (Å²) in [6, 6.07) is 5.34. The number of nitrogens with one attached hydrogen (secondary N) is 1. The molecular weight excluding hydrogens is 243 g/mol. The SMILES string of the molecule is OCCCCCNCc1cccc(C(F)(F)F)c1. The minimum Gasteiger partial charge on any atom is -0.396 e. The third-order valence-corrected chi connectivity index (χ3v) is 2.60. The van der Waals surface area contributed by atoms with Crippen LogP contribution in [0.15, 0.2) is 24.3 Å². The fraction of sp³-hybridized carbons (Fsp3) is 0.538. The van der Waals surface area contributed by atoms with E-state index in [1.165, 1.54) is 12.1 Å². The predicted molar refractivity (Wildman–Crippen MR) is 64.1 cm³/mol. The summed E-state index contributed by atoms with van der Waals surface area (Å²) in [5, 5.41) is 11.7. The zero-order valence-electron chi connectivity index (χ0n) is 10.1. The Morgan fingerprint density at radius 1 is 1.11 bits per heavy atom. The van der Waals surface area contributed by atoms with Gasteiger partial charge in [0.1, 0.15) is 0 Å². The lowest BCUT2D eigenvalue weighted by Gasteiger charge is -2.09. The number of rotatable bonds is 7. The van der Waals surface area contributed by atoms with Crippen LogP contribution in [-0.4, -0.2) is 18.3 Å². The van der Waals surface area contributed by atoms with Crippen LogP contribution >= 0.6 is 0 Å². The molecule has 1 aromatic carbocycles. The Morgan fingerprint density at radius 2 is 1.89 bits per heavy atom. The maximum Gasteiger partial charge on any atom is 0.416 e. The molecule has 18 heavy (non-hydrogen) atoms. The van der Waals surface area contributed by atoms with Crippen molar-refractivity contribution in [2.24, 2.45) is 0 Å². The fourth-order valence-corrected chi connectivity index (χ4v) is 1.63. The number of aliphatic hydroxyl groups is 1. The van der Waals surface area contributed by atoms with Crippen LogP contribution in [0.2, 0.25) is 0 Å². The summed E-state index contributed by atoms with van der Waals surface area (Å²) in [6.45, 7) is 1.37. The molecule has 0 heterocycles. The average Bonchev–Trinajstić information content (AvgIpc) is 2.33. The van der Waals surface area contributed by atoms with E-state index in [1.807, 2.05) is 0 Å². The molecule has 2 N–H and O–H groups in total. The van der Waals surface area contributed by atoms with E-state index in [0.717, 1.165) is 31.9 Å². The van der Waals surface area contributed by atoms with Gasteiger partial charge in [-0.15, -0.1) is 0 Å². The second-order valence-electron chi connectivity index (χ2n) is 4.16. The number of unbranched alkanes of at least 4 members (excludes halogenated alkanes) is 2. The predicted octanol–water partition coefficient (Wildman–Crippen LogP) is 2.96. The fourth-order valence-electron chi connectivity index (χ4n) is 1.63. The molecule has 0 aliphatic heterocycles. The Bertz CT molecular complexity index is 352. The third-order valence-electron chi connectivity index (χ3n) is 2.60. The number of benzene rings is 1. The van der Waals surface area contributed by atoms with E-state index in [9.17, 15) is 13.2 Å². The van der Waals surface area contributed by atoms with Gasteiger partial charge in [-0.1, -0.05) is 18.2 Å². The van der Waals surface area contributed by atoms with Crippen molar-refractivity contribution in [2.75, 3.05) is 13.2 Å². The normalized spacial score (nSPS) is 11.8. The minimum absolute atomic E-state index is 0.188. The van der Waals surface area contributed by atoms with Crippen LogP contribution in [0.25, 0.3) is 0 Å². The maximum atomic E-state index is 12.5. The van der Waals surface area contributed by atoms with E-state index >= 15 is 0 Å². The molecule has 102 valence electrons. The summed E-state index contributed by atoms with van der Waals surface area (Å²) >= 11 is 0. The first-order valence-corrected chi connectivity index (χ1v) is 6.02. The molecule has 0 aromatic heterocycles. The van der Waals surface area contributed by atoms with E-state index in [0.29, 0.717) is 12.1 Å². The summed E-state index contributed by atoms with van der Waals surface area (Å²) in [5.74, 6) is 0. The highest BCUT2D eigenvalue weighted by atomic mass is 19.4. The van der Waals surface area contributed by atoms with Gasteiger partial charge in [-0.25, -0.2) is 0 Å². The molecule has 0 radical (unpaired) electrons. The topological polar surface area (TPSA) is 32.3 Å². The molecule has 2 nitrogen and oxygen atoms in total. The maximum absolute atomic E-state index is 12.5. The van der Waals surface area contributed by atoms with Crippen LogP contribution in [0.3, 0.4) is 0 Å². The molecule has 0 aliphatic carbocycles. The monoisotopic (exact) mass is 261 g/mol. The van der Waals surface area contributed by atoms with Gasteiger partial charge in [0.05, 0.1) is 5.56 Å². The Labute approximate surface area is 105 Å². The lowest BCUT2D eigenvalue weighted by molar-refractivity contribution is -0.137. The molecule has 0 saturated carbocycles. The van der Waals surface area contributed by atoms with Gasteiger partial charge in [-0.05, 0) is 37.4 Å². The zero-order chi connectivity index (χ0) is 13.4. The lowest BCUT2D eigenvalue weighted by Crippen LogP contribution is -2.15. The highest BCUT2D eigenvalue weighted by molar-refractivity contribution is 5.25. The summed E-state index contributed by atoms with van der Waals surface area (Å²) in [5.41, 5.74) is 0.0223. The van der Waals surface area contributed by atoms with Gasteiger partial charge in [0, 0.05) is 13.2 Å². The molecule has 0 saturated heterocycles. The largest absolute Gasteiger partial charge is 0.416 e. The van der Waals surface area contributed by atoms with E-state index in [-0.39, 0.29) is 6.61 Å². The Hall–Kier alpha value is -1.07. The van der Waals surface area contributed by atoms with Crippen molar-refractivity contribution in [2.45, 2.75) is 32.0 Å². The van der Waals surface area contributed by atoms with Crippen molar-refractivity contribution < 1.29 is 18.3 Å². The van der Waals surface area contributed by atoms with Gasteiger partial charge in [0.15, 0.2) is 0 Å². The van der Waals surface area contributed by atoms with Gasteiger partial charge in [0.25, 0.3) is 0 Å². The van der Waals surface area contributed by atoms with E-state index < -0.39 is 11.7 Å². The van der Waals surface area contributed by atoms with Gasteiger partial charge in [-0.2, -0.15) is 13.2 Å². The molecule has 0 fully saturated rings. The second-order valence-corrected chi connectivity index (χ2v) is 4.16. The van der Waals surface area contributed by atoms with Gasteiger partial charge < -0.3 is 10.4 Å². The van der Waals surface area contributed by atoms with Crippen molar-refractivity contribution >= 4 is 0 Å². The quantitative estimate of drug-likeness (QED) is 0.740. The van der Waals surface area contributed by atoms with Crippen molar-refractivity contribution in [3.8, 4) is 0 Å². The van der Waals surface area contributed by atoms with Crippen LogP contribution in [0.5, 0.6) is 0 Å². The Balaban J connectivity index is 2.34. The Morgan fingerprint density at radius 3 is 2.56 bits per heavy atom. The average molecular weight is 261 g/mol. The van der Waals surface area contributed by atoms with E-state index in [2.05, 4.69) is 5.32 Å². The zero-order valence-corrected chi connectivity index (χ0v) is 10.1. The number of hydrogen-bond acceptors (Lipinski definition) is 2. The van der Waals surface area contributed by atoms with Crippen LogP contribution in [0.1, 0.15) is 30.4 Å². The molecule has 0 amide bonds. The van der Waals surface area contributed by atoms with Crippen molar-refractivity contribution in [1.29, 1.82) is 0 Å². The summed E-state index contributed by atoms with van der Waals surface area (Å²) in [7, 11) is 0. The standard InChI is InChI=1S/C13H18F3NO/c14-13(15,16)12-6-4-5-11(9-12)10-17-7-2-1-3-8-18/h4-6,9,17-18H,1-3,7-8,10H2. The molecule has 1 rings (SSSR count). The van der Waals surface area contributed by atoms with Gasteiger partial charge >= 0.3 is 6.18 Å². The summed E-state index contributed by atoms with van der Waals surface area (Å²) < 4.78 is 37.4. The van der Waals surface area contributed by atoms with Crippen LogP contribution in [-0.2, 0) is 12.7 Å². The van der Waals surface area contributed by atoms with Crippen molar-refractivity contribution in [3.63, 3.8) is 0 Å². The molecular formula is C13H18F3NO. The number of alkyl halides is 3. The van der Waals surface area contributed by atoms with Crippen LogP contribution in [0, 0.1) is 0 Å². The molecule has 0 aliphatic rings. The molecule has 1 aromatic rings. The molecule has 0 spiro atoms. The molecule has 0 atom stereocenters. The smallest absolute Gasteiger partial charge is 0.396 e. The van der Waals surface area contributed by atoms with E-state index in [4.69, 9.17) is 5.11 Å². The third kappa shape index (κ3) is 5.51. The number of aliphatic hydroxyl groups excluding tert-OH is 1. The highest BCUT2D eigenvalue weighted by Crippen LogP contribution is 2.29. The summed E-state index contributed by atoms with van der Waals surface area (Å²) in [4.78, 5) is 0. The minimum atomic E-state index is -4.28. The second kappa shape index (κ2) is 7.38. The van der Waals surface area contributed by atoms with Crippen LogP contribution < -0.4 is 5.32 Å². The molecule has 0 unspecified atom stereocenters. The summed E-state index contributed by atoms with van der Waals surface area (Å²) in [6.07, 6.45) is -1.67. The lowest BCUT2D eigenvalue weighted by atomic mass is 10.1. The van der Waals surface area contributed by atoms with Gasteiger partial charge in [0.2, 0.25) is 0 Å². The van der Waals surface area contributed by atoms with Crippen molar-refractivity contribution in [3.05, 3.63) is 35.4 Å². The number of hydrogen-bond donors (Lipinski definition) is 2.